The molecule has 1 N–H and O–H groups in total. The zero-order valence-electron chi connectivity index (χ0n) is 10.6. The molecule has 0 amide bonds. The Labute approximate surface area is 103 Å². The van der Waals surface area contributed by atoms with E-state index < -0.39 is 0 Å². The van der Waals surface area contributed by atoms with Crippen LogP contribution in [0.15, 0.2) is 22.8 Å². The fourth-order valence-corrected chi connectivity index (χ4v) is 2.87. The minimum atomic E-state index is 0.383. The second-order valence-corrected chi connectivity index (χ2v) is 5.35. The molecule has 3 rings (SSSR count). The molecule has 0 bridgehead atoms. The van der Waals surface area contributed by atoms with E-state index in [-0.39, 0.29) is 0 Å². The van der Waals surface area contributed by atoms with E-state index in [1.165, 1.54) is 32.4 Å². The number of hydrogen-bond acceptors (Lipinski definition) is 3. The maximum atomic E-state index is 5.51. The molecule has 2 fully saturated rings. The van der Waals surface area contributed by atoms with Crippen LogP contribution in [0.4, 0.5) is 0 Å². The maximum Gasteiger partial charge on any atom is 0.120 e. The topological polar surface area (TPSA) is 28.4 Å². The minimum Gasteiger partial charge on any atom is -0.468 e. The van der Waals surface area contributed by atoms with Crippen LogP contribution in [0.5, 0.6) is 0 Å². The second-order valence-electron chi connectivity index (χ2n) is 5.35. The standard InChI is InChI=1S/C14H22N2O/c1-2-13(14-4-3-9-17-14)15-11-7-8-16(10-11)12-5-6-12/h3-4,9,11-13,15H,2,5-8,10H2,1H3. The molecule has 0 spiro atoms. The van der Waals surface area contributed by atoms with Gasteiger partial charge in [0.2, 0.25) is 0 Å². The number of furan rings is 1. The van der Waals surface area contributed by atoms with Crippen molar-refractivity contribution in [1.29, 1.82) is 0 Å². The SMILES string of the molecule is CCC(NC1CCN(C2CC2)C1)c1ccco1. The minimum absolute atomic E-state index is 0.383. The lowest BCUT2D eigenvalue weighted by atomic mass is 10.1. The molecule has 17 heavy (non-hydrogen) atoms. The van der Waals surface area contributed by atoms with Crippen molar-refractivity contribution in [3.05, 3.63) is 24.2 Å². The summed E-state index contributed by atoms with van der Waals surface area (Å²) in [6.45, 7) is 4.71. The smallest absolute Gasteiger partial charge is 0.120 e. The van der Waals surface area contributed by atoms with Gasteiger partial charge in [0.25, 0.3) is 0 Å². The first-order chi connectivity index (χ1) is 8.36. The summed E-state index contributed by atoms with van der Waals surface area (Å²) in [6.07, 6.45) is 6.98. The molecule has 2 heterocycles. The van der Waals surface area contributed by atoms with Crippen LogP contribution < -0.4 is 5.32 Å². The zero-order chi connectivity index (χ0) is 11.7. The first kappa shape index (κ1) is 11.3. The van der Waals surface area contributed by atoms with Gasteiger partial charge in [0, 0.05) is 25.2 Å². The molecule has 3 nitrogen and oxygen atoms in total. The normalized spacial score (nSPS) is 27.5. The van der Waals surface area contributed by atoms with Crippen LogP contribution >= 0.6 is 0 Å². The van der Waals surface area contributed by atoms with Gasteiger partial charge in [-0.15, -0.1) is 0 Å². The number of rotatable bonds is 5. The lowest BCUT2D eigenvalue weighted by Gasteiger charge is -2.21. The Morgan fingerprint density at radius 3 is 3.00 bits per heavy atom. The monoisotopic (exact) mass is 234 g/mol. The van der Waals surface area contributed by atoms with Gasteiger partial charge in [0.15, 0.2) is 0 Å². The highest BCUT2D eigenvalue weighted by Gasteiger charge is 2.34. The van der Waals surface area contributed by atoms with Gasteiger partial charge >= 0.3 is 0 Å². The Kier molecular flexibility index (Phi) is 3.21. The Balaban J connectivity index is 1.55. The van der Waals surface area contributed by atoms with Crippen molar-refractivity contribution in [2.75, 3.05) is 13.1 Å². The molecule has 94 valence electrons. The summed E-state index contributed by atoms with van der Waals surface area (Å²) in [6, 6.07) is 5.99. The van der Waals surface area contributed by atoms with E-state index in [0.29, 0.717) is 12.1 Å². The summed E-state index contributed by atoms with van der Waals surface area (Å²) in [7, 11) is 0. The lowest BCUT2D eigenvalue weighted by Crippen LogP contribution is -2.35. The number of hydrogen-bond donors (Lipinski definition) is 1. The van der Waals surface area contributed by atoms with Crippen LogP contribution in [0, 0.1) is 0 Å². The van der Waals surface area contributed by atoms with Crippen LogP contribution in [-0.4, -0.2) is 30.1 Å². The van der Waals surface area contributed by atoms with Crippen molar-refractivity contribution >= 4 is 0 Å². The third-order valence-electron chi connectivity index (χ3n) is 4.01. The number of nitrogens with one attached hydrogen (secondary N) is 1. The summed E-state index contributed by atoms with van der Waals surface area (Å²) in [5.74, 6) is 1.08. The van der Waals surface area contributed by atoms with E-state index in [1.54, 1.807) is 6.26 Å². The first-order valence-electron chi connectivity index (χ1n) is 6.90. The molecule has 0 radical (unpaired) electrons. The summed E-state index contributed by atoms with van der Waals surface area (Å²) in [4.78, 5) is 2.65. The van der Waals surface area contributed by atoms with Crippen LogP contribution in [0.25, 0.3) is 0 Å². The van der Waals surface area contributed by atoms with Crippen molar-refractivity contribution in [3.63, 3.8) is 0 Å². The molecule has 3 heteroatoms. The van der Waals surface area contributed by atoms with Gasteiger partial charge in [-0.1, -0.05) is 6.92 Å². The van der Waals surface area contributed by atoms with E-state index in [9.17, 15) is 0 Å². The molecule has 2 aliphatic rings. The summed E-state index contributed by atoms with van der Waals surface area (Å²) < 4.78 is 5.51. The molecular formula is C14H22N2O. The fourth-order valence-electron chi connectivity index (χ4n) is 2.87. The second kappa shape index (κ2) is 4.83. The molecular weight excluding hydrogens is 212 g/mol. The molecule has 0 aromatic carbocycles. The maximum absolute atomic E-state index is 5.51. The molecule has 1 saturated carbocycles. The summed E-state index contributed by atoms with van der Waals surface area (Å²) in [5.41, 5.74) is 0. The van der Waals surface area contributed by atoms with Crippen molar-refractivity contribution in [3.8, 4) is 0 Å². The van der Waals surface area contributed by atoms with Gasteiger partial charge in [0.05, 0.1) is 12.3 Å². The average molecular weight is 234 g/mol. The Hall–Kier alpha value is -0.800. The van der Waals surface area contributed by atoms with Crippen LogP contribution in [0.2, 0.25) is 0 Å². The van der Waals surface area contributed by atoms with Crippen molar-refractivity contribution in [1.82, 2.24) is 10.2 Å². The third kappa shape index (κ3) is 2.55. The first-order valence-corrected chi connectivity index (χ1v) is 6.90. The average Bonchev–Trinajstić information content (AvgIpc) is 2.89. The quantitative estimate of drug-likeness (QED) is 0.848. The van der Waals surface area contributed by atoms with Gasteiger partial charge in [-0.3, -0.25) is 4.90 Å². The van der Waals surface area contributed by atoms with Gasteiger partial charge in [0.1, 0.15) is 5.76 Å². The van der Waals surface area contributed by atoms with Crippen molar-refractivity contribution in [2.24, 2.45) is 0 Å². The summed E-state index contributed by atoms with van der Waals surface area (Å²) in [5, 5.41) is 3.75. The lowest BCUT2D eigenvalue weighted by molar-refractivity contribution is 0.305. The highest BCUT2D eigenvalue weighted by Crippen LogP contribution is 2.30. The van der Waals surface area contributed by atoms with Crippen LogP contribution in [0.1, 0.15) is 44.4 Å². The van der Waals surface area contributed by atoms with Gasteiger partial charge in [-0.05, 0) is 37.8 Å². The number of nitrogens with zero attached hydrogens (tertiary/aromatic N) is 1. The molecule has 2 atom stereocenters. The predicted octanol–water partition coefficient (Wildman–Crippen LogP) is 2.56. The van der Waals surface area contributed by atoms with Crippen molar-refractivity contribution < 1.29 is 4.42 Å². The number of likely N-dealkylation sites (tertiary alicyclic amines) is 1. The molecule has 1 aromatic rings. The highest BCUT2D eigenvalue weighted by molar-refractivity contribution is 5.05. The molecule has 1 aliphatic heterocycles. The Morgan fingerprint density at radius 1 is 1.47 bits per heavy atom. The molecule has 2 unspecified atom stereocenters. The molecule has 1 aliphatic carbocycles. The van der Waals surface area contributed by atoms with Crippen molar-refractivity contribution in [2.45, 2.75) is 50.7 Å². The highest BCUT2D eigenvalue weighted by atomic mass is 16.3. The van der Waals surface area contributed by atoms with E-state index in [4.69, 9.17) is 4.42 Å². The van der Waals surface area contributed by atoms with Gasteiger partial charge < -0.3 is 9.73 Å². The van der Waals surface area contributed by atoms with E-state index in [0.717, 1.165) is 18.2 Å². The van der Waals surface area contributed by atoms with E-state index in [2.05, 4.69) is 23.2 Å². The van der Waals surface area contributed by atoms with Crippen LogP contribution in [-0.2, 0) is 0 Å². The predicted molar refractivity (Wildman–Crippen MR) is 67.9 cm³/mol. The van der Waals surface area contributed by atoms with E-state index in [1.807, 2.05) is 6.07 Å². The fraction of sp³-hybridized carbons (Fsp3) is 0.714. The van der Waals surface area contributed by atoms with E-state index >= 15 is 0 Å². The third-order valence-corrected chi connectivity index (χ3v) is 4.01. The molecule has 1 aromatic heterocycles. The van der Waals surface area contributed by atoms with Gasteiger partial charge in [-0.25, -0.2) is 0 Å². The van der Waals surface area contributed by atoms with Gasteiger partial charge in [-0.2, -0.15) is 0 Å². The largest absolute Gasteiger partial charge is 0.468 e. The Bertz CT molecular complexity index is 345. The van der Waals surface area contributed by atoms with Crippen LogP contribution in [0.3, 0.4) is 0 Å². The summed E-state index contributed by atoms with van der Waals surface area (Å²) >= 11 is 0. The zero-order valence-corrected chi connectivity index (χ0v) is 10.6. The Morgan fingerprint density at radius 2 is 2.35 bits per heavy atom. The molecule has 1 saturated heterocycles.